The van der Waals surface area contributed by atoms with Crippen LogP contribution in [0.25, 0.3) is 10.8 Å². The SMILES string of the molecule is O=C(Nc1cccc2ccccc12)N1CCCC[C@@H]1c1cccnc1. The number of likely N-dealkylation sites (tertiary alicyclic amines) is 1. The summed E-state index contributed by atoms with van der Waals surface area (Å²) in [7, 11) is 0. The Morgan fingerprint density at radius 2 is 1.92 bits per heavy atom. The molecule has 25 heavy (non-hydrogen) atoms. The first kappa shape index (κ1) is 15.6. The zero-order valence-corrected chi connectivity index (χ0v) is 14.1. The molecule has 2 heterocycles. The number of hydrogen-bond donors (Lipinski definition) is 1. The van der Waals surface area contributed by atoms with E-state index in [1.807, 2.05) is 47.5 Å². The number of piperidine rings is 1. The van der Waals surface area contributed by atoms with Crippen LogP contribution in [0.1, 0.15) is 30.9 Å². The molecule has 1 saturated heterocycles. The first-order chi connectivity index (χ1) is 12.3. The number of hydrogen-bond acceptors (Lipinski definition) is 2. The van der Waals surface area contributed by atoms with E-state index in [0.717, 1.165) is 47.8 Å². The molecule has 2 aromatic carbocycles. The number of benzene rings is 2. The quantitative estimate of drug-likeness (QED) is 0.718. The van der Waals surface area contributed by atoms with Gasteiger partial charge < -0.3 is 10.2 Å². The van der Waals surface area contributed by atoms with E-state index >= 15 is 0 Å². The van der Waals surface area contributed by atoms with Crippen molar-refractivity contribution in [2.24, 2.45) is 0 Å². The number of amides is 2. The molecule has 0 unspecified atom stereocenters. The Hall–Kier alpha value is -2.88. The fourth-order valence-corrected chi connectivity index (χ4v) is 3.62. The Kier molecular flexibility index (Phi) is 4.34. The van der Waals surface area contributed by atoms with Gasteiger partial charge >= 0.3 is 6.03 Å². The maximum atomic E-state index is 13.0. The highest BCUT2D eigenvalue weighted by atomic mass is 16.2. The molecule has 1 aliphatic heterocycles. The number of aromatic nitrogens is 1. The summed E-state index contributed by atoms with van der Waals surface area (Å²) in [6.07, 6.45) is 6.80. The lowest BCUT2D eigenvalue weighted by Crippen LogP contribution is -2.41. The van der Waals surface area contributed by atoms with Gasteiger partial charge in [0.2, 0.25) is 0 Å². The van der Waals surface area contributed by atoms with Crippen molar-refractivity contribution < 1.29 is 4.79 Å². The zero-order valence-electron chi connectivity index (χ0n) is 14.1. The van der Waals surface area contributed by atoms with Crippen molar-refractivity contribution >= 4 is 22.5 Å². The number of nitrogens with zero attached hydrogens (tertiary/aromatic N) is 2. The maximum absolute atomic E-state index is 13.0. The second-order valence-corrected chi connectivity index (χ2v) is 6.45. The number of urea groups is 1. The molecule has 1 atom stereocenters. The summed E-state index contributed by atoms with van der Waals surface area (Å²) in [5, 5.41) is 5.31. The van der Waals surface area contributed by atoms with E-state index in [4.69, 9.17) is 0 Å². The van der Waals surface area contributed by atoms with Gasteiger partial charge in [0.1, 0.15) is 0 Å². The zero-order chi connectivity index (χ0) is 17.1. The second kappa shape index (κ2) is 6.93. The molecule has 0 saturated carbocycles. The molecule has 0 spiro atoms. The van der Waals surface area contributed by atoms with Gasteiger partial charge in [0.15, 0.2) is 0 Å². The smallest absolute Gasteiger partial charge is 0.317 e. The lowest BCUT2D eigenvalue weighted by molar-refractivity contribution is 0.163. The summed E-state index contributed by atoms with van der Waals surface area (Å²) in [6, 6.07) is 18.2. The maximum Gasteiger partial charge on any atom is 0.322 e. The molecule has 4 nitrogen and oxygen atoms in total. The van der Waals surface area contributed by atoms with Crippen LogP contribution in [-0.4, -0.2) is 22.5 Å². The van der Waals surface area contributed by atoms with Crippen molar-refractivity contribution in [3.63, 3.8) is 0 Å². The van der Waals surface area contributed by atoms with Crippen LogP contribution in [0.5, 0.6) is 0 Å². The minimum atomic E-state index is -0.0371. The first-order valence-corrected chi connectivity index (χ1v) is 8.78. The summed E-state index contributed by atoms with van der Waals surface area (Å²) < 4.78 is 0. The summed E-state index contributed by atoms with van der Waals surface area (Å²) in [4.78, 5) is 19.2. The van der Waals surface area contributed by atoms with Crippen molar-refractivity contribution in [3.05, 3.63) is 72.6 Å². The Morgan fingerprint density at radius 3 is 2.80 bits per heavy atom. The number of fused-ring (bicyclic) bond motifs is 1. The summed E-state index contributed by atoms with van der Waals surface area (Å²) in [5.41, 5.74) is 1.97. The van der Waals surface area contributed by atoms with Gasteiger partial charge in [0, 0.05) is 24.3 Å². The Bertz CT molecular complexity index is 873. The third-order valence-electron chi connectivity index (χ3n) is 4.86. The minimum Gasteiger partial charge on any atom is -0.317 e. The number of pyridine rings is 1. The minimum absolute atomic E-state index is 0.0371. The fraction of sp³-hybridized carbons (Fsp3) is 0.238. The van der Waals surface area contributed by atoms with Crippen LogP contribution < -0.4 is 5.32 Å². The van der Waals surface area contributed by atoms with E-state index in [0.29, 0.717) is 0 Å². The Morgan fingerprint density at radius 1 is 1.04 bits per heavy atom. The lowest BCUT2D eigenvalue weighted by atomic mass is 9.97. The van der Waals surface area contributed by atoms with Crippen molar-refractivity contribution in [3.8, 4) is 0 Å². The predicted molar refractivity (Wildman–Crippen MR) is 101 cm³/mol. The van der Waals surface area contributed by atoms with Crippen molar-refractivity contribution in [2.75, 3.05) is 11.9 Å². The van der Waals surface area contributed by atoms with E-state index in [-0.39, 0.29) is 12.1 Å². The summed E-state index contributed by atoms with van der Waals surface area (Å²) >= 11 is 0. The number of carbonyl (C=O) groups excluding carboxylic acids is 1. The van der Waals surface area contributed by atoms with E-state index in [1.54, 1.807) is 6.20 Å². The summed E-state index contributed by atoms with van der Waals surface area (Å²) in [5.74, 6) is 0. The molecule has 4 rings (SSSR count). The molecule has 1 N–H and O–H groups in total. The molecule has 0 bridgehead atoms. The normalized spacial score (nSPS) is 17.4. The number of carbonyl (C=O) groups is 1. The van der Waals surface area contributed by atoms with Crippen molar-refractivity contribution in [1.82, 2.24) is 9.88 Å². The lowest BCUT2D eigenvalue weighted by Gasteiger charge is -2.36. The number of rotatable bonds is 2. The van der Waals surface area contributed by atoms with Crippen LogP contribution in [-0.2, 0) is 0 Å². The highest BCUT2D eigenvalue weighted by Gasteiger charge is 2.28. The molecule has 126 valence electrons. The van der Waals surface area contributed by atoms with Gasteiger partial charge in [-0.05, 0) is 42.3 Å². The van der Waals surface area contributed by atoms with Gasteiger partial charge in [-0.15, -0.1) is 0 Å². The van der Waals surface area contributed by atoms with Gasteiger partial charge in [0.05, 0.1) is 11.7 Å². The number of anilines is 1. The molecule has 1 fully saturated rings. The molecule has 2 amide bonds. The monoisotopic (exact) mass is 331 g/mol. The standard InChI is InChI=1S/C21H21N3O/c25-21(23-19-11-5-8-16-7-1-2-10-18(16)19)24-14-4-3-12-20(24)17-9-6-13-22-15-17/h1-2,5-11,13,15,20H,3-4,12,14H2,(H,23,25)/t20-/m1/s1. The predicted octanol–water partition coefficient (Wildman–Crippen LogP) is 4.99. The van der Waals surface area contributed by atoms with Crippen molar-refractivity contribution in [2.45, 2.75) is 25.3 Å². The van der Waals surface area contributed by atoms with Crippen LogP contribution in [0.4, 0.5) is 10.5 Å². The Balaban J connectivity index is 1.60. The van der Waals surface area contributed by atoms with Crippen LogP contribution >= 0.6 is 0 Å². The third-order valence-corrected chi connectivity index (χ3v) is 4.86. The number of nitrogens with one attached hydrogen (secondary N) is 1. The van der Waals surface area contributed by atoms with Gasteiger partial charge in [-0.25, -0.2) is 4.79 Å². The highest BCUT2D eigenvalue weighted by molar-refractivity contribution is 6.01. The molecule has 4 heteroatoms. The molecular weight excluding hydrogens is 310 g/mol. The third kappa shape index (κ3) is 3.20. The van der Waals surface area contributed by atoms with Gasteiger partial charge in [-0.1, -0.05) is 42.5 Å². The first-order valence-electron chi connectivity index (χ1n) is 8.78. The average molecular weight is 331 g/mol. The second-order valence-electron chi connectivity index (χ2n) is 6.45. The topological polar surface area (TPSA) is 45.2 Å². The van der Waals surface area contributed by atoms with Crippen LogP contribution in [0.15, 0.2) is 67.0 Å². The van der Waals surface area contributed by atoms with E-state index in [9.17, 15) is 4.79 Å². The van der Waals surface area contributed by atoms with E-state index < -0.39 is 0 Å². The highest BCUT2D eigenvalue weighted by Crippen LogP contribution is 2.31. The van der Waals surface area contributed by atoms with Crippen LogP contribution in [0.2, 0.25) is 0 Å². The van der Waals surface area contributed by atoms with Crippen molar-refractivity contribution in [1.29, 1.82) is 0 Å². The van der Waals surface area contributed by atoms with Gasteiger partial charge in [-0.2, -0.15) is 0 Å². The van der Waals surface area contributed by atoms with Gasteiger partial charge in [-0.3, -0.25) is 4.98 Å². The molecule has 0 radical (unpaired) electrons. The van der Waals surface area contributed by atoms with E-state index in [1.165, 1.54) is 0 Å². The molecular formula is C21H21N3O. The molecule has 1 aliphatic rings. The largest absolute Gasteiger partial charge is 0.322 e. The van der Waals surface area contributed by atoms with Crippen LogP contribution in [0, 0.1) is 0 Å². The fourth-order valence-electron chi connectivity index (χ4n) is 3.62. The summed E-state index contributed by atoms with van der Waals surface area (Å²) in [6.45, 7) is 0.774. The van der Waals surface area contributed by atoms with Gasteiger partial charge in [0.25, 0.3) is 0 Å². The average Bonchev–Trinajstić information content (AvgIpc) is 2.69. The molecule has 0 aliphatic carbocycles. The van der Waals surface area contributed by atoms with E-state index in [2.05, 4.69) is 28.5 Å². The molecule has 3 aromatic rings. The van der Waals surface area contributed by atoms with Crippen LogP contribution in [0.3, 0.4) is 0 Å². The molecule has 1 aromatic heterocycles. The Labute approximate surface area is 147 Å².